The summed E-state index contributed by atoms with van der Waals surface area (Å²) in [6, 6.07) is 19.1. The lowest BCUT2D eigenvalue weighted by molar-refractivity contribution is -0.137. The molecule has 0 unspecified atom stereocenters. The van der Waals surface area contributed by atoms with Crippen LogP contribution in [-0.4, -0.2) is 10.2 Å². The molecule has 0 aliphatic rings. The second-order valence-electron chi connectivity index (χ2n) is 6.08. The maximum Gasteiger partial charge on any atom is 0.416 e. The van der Waals surface area contributed by atoms with E-state index in [0.29, 0.717) is 33.5 Å². The number of hydrogen-bond donors (Lipinski definition) is 0. The lowest BCUT2D eigenvalue weighted by Crippen LogP contribution is -2.04. The highest BCUT2D eigenvalue weighted by Gasteiger charge is 2.30. The third-order valence-electron chi connectivity index (χ3n) is 4.17. The molecule has 4 rings (SSSR count). The molecule has 0 radical (unpaired) electrons. The molecule has 0 saturated carbocycles. The van der Waals surface area contributed by atoms with Crippen LogP contribution in [0, 0.1) is 0 Å². The summed E-state index contributed by atoms with van der Waals surface area (Å²) < 4.78 is 44.4. The number of aromatic nitrogens is 2. The quantitative estimate of drug-likeness (QED) is 0.382. The van der Waals surface area contributed by atoms with Crippen LogP contribution in [-0.2, 0) is 6.18 Å². The van der Waals surface area contributed by atoms with Crippen molar-refractivity contribution in [3.63, 3.8) is 0 Å². The molecule has 3 nitrogen and oxygen atoms in total. The fraction of sp³-hybridized carbons (Fsp3) is 0.0476. The van der Waals surface area contributed by atoms with Crippen molar-refractivity contribution in [2.24, 2.45) is 0 Å². The Morgan fingerprint density at radius 1 is 0.679 bits per heavy atom. The number of nitrogens with zero attached hydrogens (tertiary/aromatic N) is 2. The van der Waals surface area contributed by atoms with Gasteiger partial charge in [-0.1, -0.05) is 35.9 Å². The number of alkyl halides is 3. The van der Waals surface area contributed by atoms with Gasteiger partial charge in [0, 0.05) is 16.1 Å². The third-order valence-corrected chi connectivity index (χ3v) is 4.42. The molecule has 7 heteroatoms. The molecule has 0 saturated heterocycles. The summed E-state index contributed by atoms with van der Waals surface area (Å²) in [6.07, 6.45) is -4.38. The van der Waals surface area contributed by atoms with Crippen molar-refractivity contribution < 1.29 is 17.6 Å². The molecule has 0 aliphatic carbocycles. The van der Waals surface area contributed by atoms with Gasteiger partial charge in [-0.2, -0.15) is 13.2 Å². The van der Waals surface area contributed by atoms with Crippen LogP contribution in [0.5, 0.6) is 0 Å². The van der Waals surface area contributed by atoms with Crippen LogP contribution >= 0.6 is 11.6 Å². The van der Waals surface area contributed by atoms with Gasteiger partial charge in [0.2, 0.25) is 11.8 Å². The molecule has 1 heterocycles. The molecule has 0 spiro atoms. The van der Waals surface area contributed by atoms with Crippen LogP contribution in [0.1, 0.15) is 5.56 Å². The zero-order valence-electron chi connectivity index (χ0n) is 14.2. The van der Waals surface area contributed by atoms with Crippen LogP contribution in [0.2, 0.25) is 5.02 Å². The predicted octanol–water partition coefficient (Wildman–Crippen LogP) is 6.74. The van der Waals surface area contributed by atoms with Crippen LogP contribution in [0.15, 0.2) is 77.2 Å². The van der Waals surface area contributed by atoms with Crippen LogP contribution in [0.4, 0.5) is 13.2 Å². The minimum Gasteiger partial charge on any atom is -0.416 e. The van der Waals surface area contributed by atoms with Crippen molar-refractivity contribution >= 4 is 11.6 Å². The van der Waals surface area contributed by atoms with Gasteiger partial charge in [0.25, 0.3) is 0 Å². The predicted molar refractivity (Wildman–Crippen MR) is 101 cm³/mol. The van der Waals surface area contributed by atoms with Crippen molar-refractivity contribution in [3.8, 4) is 34.0 Å². The molecular formula is C21H12ClF3N2O. The Morgan fingerprint density at radius 3 is 1.79 bits per heavy atom. The van der Waals surface area contributed by atoms with Crippen LogP contribution < -0.4 is 0 Å². The van der Waals surface area contributed by atoms with Gasteiger partial charge in [0.1, 0.15) is 0 Å². The van der Waals surface area contributed by atoms with Crippen molar-refractivity contribution in [2.75, 3.05) is 0 Å². The fourth-order valence-electron chi connectivity index (χ4n) is 2.73. The zero-order valence-corrected chi connectivity index (χ0v) is 15.0. The van der Waals surface area contributed by atoms with E-state index in [2.05, 4.69) is 10.2 Å². The lowest BCUT2D eigenvalue weighted by Gasteiger charge is -2.09. The summed E-state index contributed by atoms with van der Waals surface area (Å²) in [5.74, 6) is 0.675. The van der Waals surface area contributed by atoms with E-state index in [9.17, 15) is 13.2 Å². The summed E-state index contributed by atoms with van der Waals surface area (Å²) in [7, 11) is 0. The second-order valence-corrected chi connectivity index (χ2v) is 6.51. The number of hydrogen-bond acceptors (Lipinski definition) is 3. The number of halogens is 4. The average molecular weight is 401 g/mol. The van der Waals surface area contributed by atoms with E-state index in [-0.39, 0.29) is 0 Å². The molecule has 0 N–H and O–H groups in total. The largest absolute Gasteiger partial charge is 0.416 e. The highest BCUT2D eigenvalue weighted by molar-refractivity contribution is 6.30. The zero-order chi connectivity index (χ0) is 19.7. The smallest absolute Gasteiger partial charge is 0.416 e. The summed E-state index contributed by atoms with van der Waals surface area (Å²) in [4.78, 5) is 0. The molecule has 4 aromatic rings. The first-order chi connectivity index (χ1) is 13.4. The Labute approximate surface area is 163 Å². The average Bonchev–Trinajstić information content (AvgIpc) is 3.18. The SMILES string of the molecule is FC(F)(F)c1cccc(-c2ccc(-c3nnc(-c4ccc(Cl)cc4)o3)cc2)c1. The van der Waals surface area contributed by atoms with E-state index in [1.165, 1.54) is 6.07 Å². The topological polar surface area (TPSA) is 38.9 Å². The van der Waals surface area contributed by atoms with Gasteiger partial charge in [-0.15, -0.1) is 10.2 Å². The molecule has 0 fully saturated rings. The van der Waals surface area contributed by atoms with Gasteiger partial charge in [-0.3, -0.25) is 0 Å². The molecule has 140 valence electrons. The maximum absolute atomic E-state index is 12.9. The molecule has 3 aromatic carbocycles. The highest BCUT2D eigenvalue weighted by atomic mass is 35.5. The first kappa shape index (κ1) is 18.3. The Hall–Kier alpha value is -3.12. The van der Waals surface area contributed by atoms with E-state index in [1.807, 2.05) is 0 Å². The fourth-order valence-corrected chi connectivity index (χ4v) is 2.86. The molecule has 0 aliphatic heterocycles. The molecule has 1 aromatic heterocycles. The van der Waals surface area contributed by atoms with E-state index >= 15 is 0 Å². The van der Waals surface area contributed by atoms with Gasteiger partial charge in [-0.05, 0) is 59.7 Å². The van der Waals surface area contributed by atoms with Gasteiger partial charge in [0.05, 0.1) is 5.56 Å². The van der Waals surface area contributed by atoms with Crippen molar-refractivity contribution in [3.05, 3.63) is 83.4 Å². The minimum atomic E-state index is -4.38. The standard InChI is InChI=1S/C21H12ClF3N2O/c22-18-10-8-15(9-11-18)20-27-26-19(28-20)14-6-4-13(5-7-14)16-2-1-3-17(12-16)21(23,24)25/h1-12H. The van der Waals surface area contributed by atoms with E-state index in [4.69, 9.17) is 16.0 Å². The molecule has 0 amide bonds. The highest BCUT2D eigenvalue weighted by Crippen LogP contribution is 2.33. The van der Waals surface area contributed by atoms with Crippen molar-refractivity contribution in [2.45, 2.75) is 6.18 Å². The van der Waals surface area contributed by atoms with E-state index < -0.39 is 11.7 Å². The van der Waals surface area contributed by atoms with Gasteiger partial charge >= 0.3 is 6.18 Å². The Morgan fingerprint density at radius 2 is 1.21 bits per heavy atom. The summed E-state index contributed by atoms with van der Waals surface area (Å²) >= 11 is 5.87. The Kier molecular flexibility index (Phi) is 4.65. The van der Waals surface area contributed by atoms with E-state index in [1.54, 1.807) is 54.6 Å². The normalized spacial score (nSPS) is 11.6. The Balaban J connectivity index is 1.60. The maximum atomic E-state index is 12.9. The molecule has 0 atom stereocenters. The summed E-state index contributed by atoms with van der Waals surface area (Å²) in [6.45, 7) is 0. The van der Waals surface area contributed by atoms with E-state index in [0.717, 1.165) is 17.7 Å². The minimum absolute atomic E-state index is 0.320. The van der Waals surface area contributed by atoms with Crippen LogP contribution in [0.3, 0.4) is 0 Å². The van der Waals surface area contributed by atoms with Gasteiger partial charge < -0.3 is 4.42 Å². The molecule has 28 heavy (non-hydrogen) atoms. The monoisotopic (exact) mass is 400 g/mol. The Bertz CT molecular complexity index is 1100. The first-order valence-electron chi connectivity index (χ1n) is 8.28. The second kappa shape index (κ2) is 7.13. The molecular weight excluding hydrogens is 389 g/mol. The first-order valence-corrected chi connectivity index (χ1v) is 8.65. The lowest BCUT2D eigenvalue weighted by atomic mass is 10.0. The van der Waals surface area contributed by atoms with Crippen molar-refractivity contribution in [1.29, 1.82) is 0 Å². The summed E-state index contributed by atoms with van der Waals surface area (Å²) in [5.41, 5.74) is 1.87. The van der Waals surface area contributed by atoms with Gasteiger partial charge in [0.15, 0.2) is 0 Å². The van der Waals surface area contributed by atoms with Crippen LogP contribution in [0.25, 0.3) is 34.0 Å². The van der Waals surface area contributed by atoms with Gasteiger partial charge in [-0.25, -0.2) is 0 Å². The number of benzene rings is 3. The number of rotatable bonds is 3. The molecule has 0 bridgehead atoms. The van der Waals surface area contributed by atoms with Crippen molar-refractivity contribution in [1.82, 2.24) is 10.2 Å². The third kappa shape index (κ3) is 3.77. The summed E-state index contributed by atoms with van der Waals surface area (Å²) in [5, 5.41) is 8.67.